The minimum absolute atomic E-state index is 0.0494. The number of halogens is 1. The number of carbonyl (C=O) groups excluding carboxylic acids is 2. The molecule has 0 spiro atoms. The van der Waals surface area contributed by atoms with Gasteiger partial charge in [0, 0.05) is 18.2 Å². The quantitative estimate of drug-likeness (QED) is 0.893. The maximum Gasteiger partial charge on any atom is 0.290 e. The van der Waals surface area contributed by atoms with Crippen LogP contribution < -0.4 is 0 Å². The number of rotatable bonds is 4. The van der Waals surface area contributed by atoms with Crippen molar-refractivity contribution in [3.05, 3.63) is 77.1 Å². The van der Waals surface area contributed by atoms with E-state index in [1.807, 2.05) is 0 Å². The number of aliphatic hydroxyl groups excluding tert-OH is 1. The Bertz CT molecular complexity index is 899. The van der Waals surface area contributed by atoms with E-state index in [0.717, 1.165) is 0 Å². The topological polar surface area (TPSA) is 70.5 Å². The van der Waals surface area contributed by atoms with Gasteiger partial charge in [-0.2, -0.15) is 0 Å². The van der Waals surface area contributed by atoms with Crippen molar-refractivity contribution >= 4 is 11.7 Å². The van der Waals surface area contributed by atoms with Crippen LogP contribution in [-0.2, 0) is 16.1 Å². The highest BCUT2D eigenvalue weighted by molar-refractivity contribution is 6.10. The van der Waals surface area contributed by atoms with Gasteiger partial charge in [-0.25, -0.2) is 4.39 Å². The van der Waals surface area contributed by atoms with Gasteiger partial charge in [-0.05, 0) is 29.8 Å². The molecular formula is C21H21FN2O3. The molecule has 140 valence electrons. The average molecular weight is 368 g/mol. The number of ketones is 1. The van der Waals surface area contributed by atoms with Crippen LogP contribution in [0.15, 0.2) is 60.0 Å². The summed E-state index contributed by atoms with van der Waals surface area (Å²) in [6.45, 7) is 5.32. The molecule has 1 aliphatic rings. The number of hydrogen-bond acceptors (Lipinski definition) is 4. The number of benzene rings is 1. The van der Waals surface area contributed by atoms with Gasteiger partial charge in [0.05, 0.1) is 11.3 Å². The Kier molecular flexibility index (Phi) is 4.83. The van der Waals surface area contributed by atoms with Crippen molar-refractivity contribution in [3.63, 3.8) is 0 Å². The molecule has 0 aliphatic carbocycles. The first-order chi connectivity index (χ1) is 12.7. The first-order valence-electron chi connectivity index (χ1n) is 8.64. The summed E-state index contributed by atoms with van der Waals surface area (Å²) >= 11 is 0. The third-order valence-electron chi connectivity index (χ3n) is 4.46. The second-order valence-corrected chi connectivity index (χ2v) is 7.56. The normalized spacial score (nSPS) is 17.6. The number of nitrogens with zero attached hydrogens (tertiary/aromatic N) is 2. The van der Waals surface area contributed by atoms with Crippen LogP contribution >= 0.6 is 0 Å². The summed E-state index contributed by atoms with van der Waals surface area (Å²) in [5, 5.41) is 10.5. The molecule has 2 heterocycles. The number of amides is 1. The molecule has 0 saturated heterocycles. The summed E-state index contributed by atoms with van der Waals surface area (Å²) in [5.74, 6) is -1.88. The van der Waals surface area contributed by atoms with Gasteiger partial charge >= 0.3 is 0 Å². The Hall–Kier alpha value is -3.02. The molecule has 1 amide bonds. The standard InChI is InChI=1S/C21H21FN2O3/c1-21(2,3)19(26)16-17(15-6-4-5-11-23-15)24(20(27)18(16)25)12-13-7-9-14(22)10-8-13/h4-11,17,25H,12H2,1-3H3. The van der Waals surface area contributed by atoms with Crippen LogP contribution in [-0.4, -0.2) is 26.7 Å². The maximum absolute atomic E-state index is 13.2. The first-order valence-corrected chi connectivity index (χ1v) is 8.64. The van der Waals surface area contributed by atoms with Crippen molar-refractivity contribution in [3.8, 4) is 0 Å². The van der Waals surface area contributed by atoms with Crippen molar-refractivity contribution in [2.75, 3.05) is 0 Å². The highest BCUT2D eigenvalue weighted by atomic mass is 19.1. The SMILES string of the molecule is CC(C)(C)C(=O)C1=C(O)C(=O)N(Cc2ccc(F)cc2)C1c1ccccn1. The highest BCUT2D eigenvalue weighted by Gasteiger charge is 2.46. The van der Waals surface area contributed by atoms with Crippen LogP contribution in [0.2, 0.25) is 0 Å². The van der Waals surface area contributed by atoms with Gasteiger partial charge in [-0.3, -0.25) is 14.6 Å². The van der Waals surface area contributed by atoms with Crippen LogP contribution in [0, 0.1) is 11.2 Å². The molecule has 0 fully saturated rings. The van der Waals surface area contributed by atoms with Gasteiger partial charge in [0.2, 0.25) is 0 Å². The zero-order valence-electron chi connectivity index (χ0n) is 15.4. The van der Waals surface area contributed by atoms with Gasteiger partial charge in [0.25, 0.3) is 5.91 Å². The molecule has 1 aliphatic heterocycles. The van der Waals surface area contributed by atoms with Crippen LogP contribution in [0.1, 0.15) is 38.1 Å². The predicted molar refractivity (Wildman–Crippen MR) is 98.0 cm³/mol. The zero-order chi connectivity index (χ0) is 19.8. The predicted octanol–water partition coefficient (Wildman–Crippen LogP) is 3.73. The number of pyridine rings is 1. The Morgan fingerprint density at radius 3 is 2.41 bits per heavy atom. The van der Waals surface area contributed by atoms with Gasteiger partial charge in [0.1, 0.15) is 11.9 Å². The Morgan fingerprint density at radius 2 is 1.85 bits per heavy atom. The van der Waals surface area contributed by atoms with Crippen LogP contribution in [0.4, 0.5) is 4.39 Å². The molecule has 6 heteroatoms. The molecule has 3 rings (SSSR count). The molecule has 0 saturated carbocycles. The monoisotopic (exact) mass is 368 g/mol. The fourth-order valence-corrected chi connectivity index (χ4v) is 3.08. The van der Waals surface area contributed by atoms with E-state index in [4.69, 9.17) is 0 Å². The van der Waals surface area contributed by atoms with E-state index in [1.54, 1.807) is 57.3 Å². The van der Waals surface area contributed by atoms with Gasteiger partial charge in [-0.15, -0.1) is 0 Å². The smallest absolute Gasteiger partial charge is 0.290 e. The van der Waals surface area contributed by atoms with Crippen molar-refractivity contribution in [2.45, 2.75) is 33.4 Å². The highest BCUT2D eigenvalue weighted by Crippen LogP contribution is 2.40. The van der Waals surface area contributed by atoms with Gasteiger partial charge in [0.15, 0.2) is 11.5 Å². The van der Waals surface area contributed by atoms with Crippen molar-refractivity contribution < 1.29 is 19.1 Å². The molecule has 1 N–H and O–H groups in total. The second kappa shape index (κ2) is 6.95. The molecule has 1 atom stereocenters. The van der Waals surface area contributed by atoms with Crippen LogP contribution in [0.5, 0.6) is 0 Å². The minimum atomic E-state index is -0.796. The zero-order valence-corrected chi connectivity index (χ0v) is 15.4. The summed E-state index contributed by atoms with van der Waals surface area (Å²) < 4.78 is 13.2. The molecular weight excluding hydrogens is 347 g/mol. The van der Waals surface area contributed by atoms with Gasteiger partial charge in [-0.1, -0.05) is 39.0 Å². The van der Waals surface area contributed by atoms with Crippen LogP contribution in [0.3, 0.4) is 0 Å². The lowest BCUT2D eigenvalue weighted by Crippen LogP contribution is -2.33. The number of hydrogen-bond donors (Lipinski definition) is 1. The molecule has 1 aromatic carbocycles. The molecule has 0 radical (unpaired) electrons. The molecule has 27 heavy (non-hydrogen) atoms. The summed E-state index contributed by atoms with van der Waals surface area (Å²) in [6, 6.07) is 10.2. The second-order valence-electron chi connectivity index (χ2n) is 7.56. The number of Topliss-reactive ketones (excluding diaryl/α,β-unsaturated/α-hetero) is 1. The third-order valence-corrected chi connectivity index (χ3v) is 4.46. The van der Waals surface area contributed by atoms with E-state index in [1.165, 1.54) is 17.0 Å². The summed E-state index contributed by atoms with van der Waals surface area (Å²) in [4.78, 5) is 31.4. The summed E-state index contributed by atoms with van der Waals surface area (Å²) in [6.07, 6.45) is 1.57. The third kappa shape index (κ3) is 3.60. The molecule has 1 aromatic heterocycles. The number of aliphatic hydroxyl groups is 1. The molecule has 1 unspecified atom stereocenters. The maximum atomic E-state index is 13.2. The summed E-state index contributed by atoms with van der Waals surface area (Å²) in [7, 11) is 0. The average Bonchev–Trinajstić information content (AvgIpc) is 2.87. The van der Waals surface area contributed by atoms with E-state index in [2.05, 4.69) is 4.98 Å². The van der Waals surface area contributed by atoms with Gasteiger partial charge < -0.3 is 10.0 Å². The van der Waals surface area contributed by atoms with E-state index in [9.17, 15) is 19.1 Å². The molecule has 0 bridgehead atoms. The summed E-state index contributed by atoms with van der Waals surface area (Å²) in [5.41, 5.74) is 0.448. The lowest BCUT2D eigenvalue weighted by Gasteiger charge is -2.28. The fraction of sp³-hybridized carbons (Fsp3) is 0.286. The fourth-order valence-electron chi connectivity index (χ4n) is 3.08. The van der Waals surface area contributed by atoms with Crippen molar-refractivity contribution in [2.24, 2.45) is 5.41 Å². The number of carbonyl (C=O) groups is 2. The Balaban J connectivity index is 2.06. The van der Waals surface area contributed by atoms with E-state index < -0.39 is 23.1 Å². The Morgan fingerprint density at radius 1 is 1.19 bits per heavy atom. The van der Waals surface area contributed by atoms with E-state index in [-0.39, 0.29) is 23.7 Å². The van der Waals surface area contributed by atoms with E-state index >= 15 is 0 Å². The van der Waals surface area contributed by atoms with Crippen molar-refractivity contribution in [1.29, 1.82) is 0 Å². The Labute approximate surface area is 157 Å². The van der Waals surface area contributed by atoms with E-state index in [0.29, 0.717) is 11.3 Å². The molecule has 2 aromatic rings. The lowest BCUT2D eigenvalue weighted by atomic mass is 9.83. The number of aromatic nitrogens is 1. The minimum Gasteiger partial charge on any atom is -0.503 e. The largest absolute Gasteiger partial charge is 0.503 e. The molecule has 5 nitrogen and oxygen atoms in total. The lowest BCUT2D eigenvalue weighted by molar-refractivity contribution is -0.130. The van der Waals surface area contributed by atoms with Crippen LogP contribution in [0.25, 0.3) is 0 Å². The van der Waals surface area contributed by atoms with Crippen molar-refractivity contribution in [1.82, 2.24) is 9.88 Å². The first kappa shape index (κ1) is 18.8.